The fourth-order valence-corrected chi connectivity index (χ4v) is 3.49. The smallest absolute Gasteiger partial charge is 0.256 e. The maximum absolute atomic E-state index is 12.9. The van der Waals surface area contributed by atoms with Gasteiger partial charge >= 0.3 is 0 Å². The first-order chi connectivity index (χ1) is 11.2. The molecule has 0 atom stereocenters. The number of halogens is 1. The average molecular weight is 332 g/mol. The van der Waals surface area contributed by atoms with Crippen LogP contribution in [-0.4, -0.2) is 42.5 Å². The molecule has 1 N–H and O–H groups in total. The van der Waals surface area contributed by atoms with Gasteiger partial charge in [0.15, 0.2) is 0 Å². The van der Waals surface area contributed by atoms with Crippen molar-refractivity contribution < 1.29 is 4.79 Å². The third kappa shape index (κ3) is 3.65. The van der Waals surface area contributed by atoms with Gasteiger partial charge in [-0.25, -0.2) is 0 Å². The van der Waals surface area contributed by atoms with Crippen LogP contribution in [0.15, 0.2) is 30.5 Å². The fourth-order valence-electron chi connectivity index (χ4n) is 3.26. The first-order valence-corrected chi connectivity index (χ1v) is 8.55. The SMILES string of the molecule is CNCCC1CCN(C(=O)c2cc(Cl)cc3cccnc23)CC1. The van der Waals surface area contributed by atoms with Crippen molar-refractivity contribution >= 4 is 28.4 Å². The molecule has 5 heteroatoms. The van der Waals surface area contributed by atoms with Gasteiger partial charge in [0.1, 0.15) is 0 Å². The number of likely N-dealkylation sites (tertiary alicyclic amines) is 1. The number of carbonyl (C=O) groups is 1. The summed E-state index contributed by atoms with van der Waals surface area (Å²) in [7, 11) is 1.98. The second kappa shape index (κ2) is 7.28. The minimum Gasteiger partial charge on any atom is -0.339 e. The summed E-state index contributed by atoms with van der Waals surface area (Å²) < 4.78 is 0. The van der Waals surface area contributed by atoms with Crippen LogP contribution in [0, 0.1) is 5.92 Å². The Balaban J connectivity index is 1.77. The summed E-state index contributed by atoms with van der Waals surface area (Å²) in [5.74, 6) is 0.754. The van der Waals surface area contributed by atoms with Gasteiger partial charge in [-0.05, 0) is 57.0 Å². The topological polar surface area (TPSA) is 45.2 Å². The lowest BCUT2D eigenvalue weighted by molar-refractivity contribution is 0.0689. The molecule has 1 aliphatic rings. The van der Waals surface area contributed by atoms with Crippen LogP contribution in [0.5, 0.6) is 0 Å². The second-order valence-electron chi connectivity index (χ2n) is 6.16. The van der Waals surface area contributed by atoms with E-state index in [1.165, 1.54) is 6.42 Å². The van der Waals surface area contributed by atoms with Crippen molar-refractivity contribution in [2.24, 2.45) is 5.92 Å². The Hall–Kier alpha value is -1.65. The molecule has 0 aliphatic carbocycles. The van der Waals surface area contributed by atoms with E-state index < -0.39 is 0 Å². The number of amides is 1. The Morgan fingerprint density at radius 2 is 2.17 bits per heavy atom. The van der Waals surface area contributed by atoms with Gasteiger partial charge in [-0.3, -0.25) is 9.78 Å². The Kier molecular flexibility index (Phi) is 5.13. The number of carbonyl (C=O) groups excluding carboxylic acids is 1. The molecule has 0 radical (unpaired) electrons. The molecule has 122 valence electrons. The van der Waals surface area contributed by atoms with Crippen LogP contribution >= 0.6 is 11.6 Å². The summed E-state index contributed by atoms with van der Waals surface area (Å²) in [6.07, 6.45) is 5.04. The molecule has 1 aliphatic heterocycles. The van der Waals surface area contributed by atoms with Crippen LogP contribution in [0.2, 0.25) is 5.02 Å². The summed E-state index contributed by atoms with van der Waals surface area (Å²) in [6, 6.07) is 7.39. The number of hydrogen-bond donors (Lipinski definition) is 1. The lowest BCUT2D eigenvalue weighted by atomic mass is 9.93. The van der Waals surface area contributed by atoms with E-state index in [9.17, 15) is 4.79 Å². The van der Waals surface area contributed by atoms with E-state index in [0.717, 1.165) is 43.4 Å². The molecular weight excluding hydrogens is 310 g/mol. The maximum Gasteiger partial charge on any atom is 0.256 e. The van der Waals surface area contributed by atoms with Gasteiger partial charge in [-0.1, -0.05) is 17.7 Å². The Bertz CT molecular complexity index is 696. The quantitative estimate of drug-likeness (QED) is 0.934. The summed E-state index contributed by atoms with van der Waals surface area (Å²) in [6.45, 7) is 2.67. The Morgan fingerprint density at radius 3 is 2.91 bits per heavy atom. The molecule has 1 aromatic carbocycles. The van der Waals surface area contributed by atoms with E-state index in [2.05, 4.69) is 10.3 Å². The molecule has 0 unspecified atom stereocenters. The summed E-state index contributed by atoms with van der Waals surface area (Å²) >= 11 is 6.18. The zero-order valence-electron chi connectivity index (χ0n) is 13.4. The second-order valence-corrected chi connectivity index (χ2v) is 6.59. The number of benzene rings is 1. The molecule has 4 nitrogen and oxygen atoms in total. The molecule has 2 aromatic rings. The van der Waals surface area contributed by atoms with Gasteiger partial charge in [0.25, 0.3) is 5.91 Å². The highest BCUT2D eigenvalue weighted by atomic mass is 35.5. The highest BCUT2D eigenvalue weighted by molar-refractivity contribution is 6.32. The summed E-state index contributed by atoms with van der Waals surface area (Å²) in [4.78, 5) is 19.2. The molecule has 0 saturated carbocycles. The zero-order chi connectivity index (χ0) is 16.2. The number of pyridine rings is 1. The number of rotatable bonds is 4. The number of nitrogens with zero attached hydrogens (tertiary/aromatic N) is 2. The van der Waals surface area contributed by atoms with Crippen molar-refractivity contribution in [3.63, 3.8) is 0 Å². The van der Waals surface area contributed by atoms with Crippen molar-refractivity contribution in [3.05, 3.63) is 41.0 Å². The molecule has 3 rings (SSSR count). The zero-order valence-corrected chi connectivity index (χ0v) is 14.1. The molecular formula is C18H22ClN3O. The van der Waals surface area contributed by atoms with E-state index in [1.54, 1.807) is 12.3 Å². The molecule has 0 bridgehead atoms. The Labute approximate surface area is 141 Å². The van der Waals surface area contributed by atoms with Crippen LogP contribution < -0.4 is 5.32 Å². The summed E-state index contributed by atoms with van der Waals surface area (Å²) in [5.41, 5.74) is 1.35. The van der Waals surface area contributed by atoms with Crippen LogP contribution in [0.4, 0.5) is 0 Å². The number of nitrogens with one attached hydrogen (secondary N) is 1. The fraction of sp³-hybridized carbons (Fsp3) is 0.444. The molecule has 23 heavy (non-hydrogen) atoms. The van der Waals surface area contributed by atoms with Crippen molar-refractivity contribution in [2.45, 2.75) is 19.3 Å². The largest absolute Gasteiger partial charge is 0.339 e. The van der Waals surface area contributed by atoms with Gasteiger partial charge in [0, 0.05) is 29.7 Å². The van der Waals surface area contributed by atoms with Crippen molar-refractivity contribution in [2.75, 3.05) is 26.7 Å². The van der Waals surface area contributed by atoms with Crippen LogP contribution in [0.1, 0.15) is 29.6 Å². The minimum atomic E-state index is 0.0447. The standard InChI is InChI=1S/C18H22ClN3O/c1-20-8-4-13-5-9-22(10-6-13)18(23)16-12-15(19)11-14-3-2-7-21-17(14)16/h2-3,7,11-13,20H,4-6,8-10H2,1H3. The lowest BCUT2D eigenvalue weighted by Gasteiger charge is -2.32. The van der Waals surface area contributed by atoms with Gasteiger partial charge in [-0.2, -0.15) is 0 Å². The number of fused-ring (bicyclic) bond motifs is 1. The molecule has 1 aromatic heterocycles. The normalized spacial score (nSPS) is 16.0. The van der Waals surface area contributed by atoms with E-state index in [0.29, 0.717) is 16.5 Å². The summed E-state index contributed by atoms with van der Waals surface area (Å²) in [5, 5.41) is 4.69. The van der Waals surface area contributed by atoms with Crippen molar-refractivity contribution in [1.29, 1.82) is 0 Å². The van der Waals surface area contributed by atoms with E-state index in [-0.39, 0.29) is 5.91 Å². The van der Waals surface area contributed by atoms with Crippen molar-refractivity contribution in [3.8, 4) is 0 Å². The van der Waals surface area contributed by atoms with Crippen molar-refractivity contribution in [1.82, 2.24) is 15.2 Å². The van der Waals surface area contributed by atoms with Crippen LogP contribution in [-0.2, 0) is 0 Å². The molecule has 1 saturated heterocycles. The van der Waals surface area contributed by atoms with Gasteiger partial charge in [0.2, 0.25) is 0 Å². The molecule has 0 spiro atoms. The molecule has 2 heterocycles. The molecule has 1 fully saturated rings. The maximum atomic E-state index is 12.9. The Morgan fingerprint density at radius 1 is 1.39 bits per heavy atom. The van der Waals surface area contributed by atoms with Gasteiger partial charge < -0.3 is 10.2 Å². The lowest BCUT2D eigenvalue weighted by Crippen LogP contribution is -2.39. The minimum absolute atomic E-state index is 0.0447. The van der Waals surface area contributed by atoms with E-state index >= 15 is 0 Å². The van der Waals surface area contributed by atoms with Gasteiger partial charge in [0.05, 0.1) is 11.1 Å². The molecule has 1 amide bonds. The third-order valence-corrected chi connectivity index (χ3v) is 4.82. The highest BCUT2D eigenvalue weighted by Gasteiger charge is 2.25. The monoisotopic (exact) mass is 331 g/mol. The van der Waals surface area contributed by atoms with Crippen LogP contribution in [0.25, 0.3) is 10.9 Å². The van der Waals surface area contributed by atoms with Gasteiger partial charge in [-0.15, -0.1) is 0 Å². The average Bonchev–Trinajstić information content (AvgIpc) is 2.59. The van der Waals surface area contributed by atoms with Crippen LogP contribution in [0.3, 0.4) is 0 Å². The van der Waals surface area contributed by atoms with E-state index in [4.69, 9.17) is 11.6 Å². The predicted molar refractivity (Wildman–Crippen MR) is 93.9 cm³/mol. The first kappa shape index (κ1) is 16.2. The van der Waals surface area contributed by atoms with E-state index in [1.807, 2.05) is 30.1 Å². The number of piperidine rings is 1. The number of aromatic nitrogens is 1. The first-order valence-electron chi connectivity index (χ1n) is 8.17. The highest BCUT2D eigenvalue weighted by Crippen LogP contribution is 2.26. The third-order valence-electron chi connectivity index (χ3n) is 4.60. The predicted octanol–water partition coefficient (Wildman–Crippen LogP) is 3.35. The number of hydrogen-bond acceptors (Lipinski definition) is 3.